The van der Waals surface area contributed by atoms with Gasteiger partial charge in [0.2, 0.25) is 0 Å². The van der Waals surface area contributed by atoms with Crippen LogP contribution in [-0.2, 0) is 33.2 Å². The molecular formula is C24H42O21. The first-order valence-corrected chi connectivity index (χ1v) is 14.1. The molecule has 0 saturated carbocycles. The van der Waals surface area contributed by atoms with Crippen molar-refractivity contribution in [1.82, 2.24) is 0 Å². The van der Waals surface area contributed by atoms with Gasteiger partial charge >= 0.3 is 0 Å². The molecule has 20 atom stereocenters. The Morgan fingerprint density at radius 1 is 0.333 bits per heavy atom. The Morgan fingerprint density at radius 3 is 1.20 bits per heavy atom. The fraction of sp³-hybridized carbons (Fsp3) is 1.00. The van der Waals surface area contributed by atoms with Crippen LogP contribution in [0.15, 0.2) is 0 Å². The van der Waals surface area contributed by atoms with E-state index in [-0.39, 0.29) is 0 Å². The highest BCUT2D eigenvalue weighted by atomic mass is 16.8. The molecule has 0 amide bonds. The maximum atomic E-state index is 11.1. The zero-order chi connectivity index (χ0) is 33.3. The molecule has 21 heteroatoms. The minimum atomic E-state index is -2.03. The molecule has 14 N–H and O–H groups in total. The van der Waals surface area contributed by atoms with E-state index in [0.29, 0.717) is 0 Å². The number of hydrogen-bond acceptors (Lipinski definition) is 21. The first kappa shape index (κ1) is 37.0. The molecule has 45 heavy (non-hydrogen) atoms. The number of aliphatic hydroxyl groups excluding tert-OH is 14. The zero-order valence-electron chi connectivity index (χ0n) is 23.5. The third-order valence-corrected chi connectivity index (χ3v) is 8.21. The lowest BCUT2D eigenvalue weighted by Crippen LogP contribution is -2.68. The van der Waals surface area contributed by atoms with E-state index in [1.807, 2.05) is 0 Å². The van der Waals surface area contributed by atoms with Crippen LogP contribution >= 0.6 is 0 Å². The molecule has 21 nitrogen and oxygen atoms in total. The molecule has 4 saturated heterocycles. The number of rotatable bonds is 10. The van der Waals surface area contributed by atoms with Gasteiger partial charge in [-0.1, -0.05) is 0 Å². The van der Waals surface area contributed by atoms with Crippen molar-refractivity contribution in [3.05, 3.63) is 0 Å². The summed E-state index contributed by atoms with van der Waals surface area (Å²) in [5.74, 6) is 0. The standard InChI is InChI=1S/C24H42O21/c25-1-5-9(29)12(32)16(36)22(40-5)44-19-11(31)7(3-27)42-24(43-18-8(4-28)39-21(38)15(35)14(18)34)20(19)45-23-17(37)13(33)10(30)6(2-26)41-23/h5-38H,1-4H2/t5-,6-,7-,8-,9-,10+,11-,12+,13+,14-,15-,16+,17-,18-,19+,20+,21-,22-,23+,24+/m1/s1. The summed E-state index contributed by atoms with van der Waals surface area (Å²) >= 11 is 0. The molecule has 4 aliphatic rings. The van der Waals surface area contributed by atoms with Crippen LogP contribution in [0.2, 0.25) is 0 Å². The van der Waals surface area contributed by atoms with Crippen molar-refractivity contribution in [2.24, 2.45) is 0 Å². The van der Waals surface area contributed by atoms with Crippen LogP contribution < -0.4 is 0 Å². The van der Waals surface area contributed by atoms with Crippen molar-refractivity contribution in [2.45, 2.75) is 123 Å². The predicted octanol–water partition coefficient (Wildman–Crippen LogP) is -9.75. The van der Waals surface area contributed by atoms with Gasteiger partial charge in [-0.05, 0) is 0 Å². The Morgan fingerprint density at radius 2 is 0.733 bits per heavy atom. The lowest BCUT2D eigenvalue weighted by Gasteiger charge is -2.50. The van der Waals surface area contributed by atoms with Crippen molar-refractivity contribution in [1.29, 1.82) is 0 Å². The lowest BCUT2D eigenvalue weighted by molar-refractivity contribution is -0.405. The van der Waals surface area contributed by atoms with Crippen molar-refractivity contribution in [2.75, 3.05) is 26.4 Å². The summed E-state index contributed by atoms with van der Waals surface area (Å²) in [5, 5.41) is 143. The molecule has 0 aliphatic carbocycles. The fourth-order valence-corrected chi connectivity index (χ4v) is 5.51. The van der Waals surface area contributed by atoms with Gasteiger partial charge in [0.25, 0.3) is 0 Å². The van der Waals surface area contributed by atoms with Crippen LogP contribution in [0.3, 0.4) is 0 Å². The van der Waals surface area contributed by atoms with Crippen molar-refractivity contribution < 1.29 is 105 Å². The van der Waals surface area contributed by atoms with Crippen LogP contribution in [-0.4, -0.2) is 221 Å². The molecule has 0 radical (unpaired) electrons. The van der Waals surface area contributed by atoms with Gasteiger partial charge in [0, 0.05) is 0 Å². The van der Waals surface area contributed by atoms with Crippen LogP contribution in [0.5, 0.6) is 0 Å². The van der Waals surface area contributed by atoms with Gasteiger partial charge in [-0.25, -0.2) is 0 Å². The topological polar surface area (TPSA) is 348 Å². The lowest BCUT2D eigenvalue weighted by atomic mass is 9.95. The van der Waals surface area contributed by atoms with Crippen LogP contribution in [0.25, 0.3) is 0 Å². The SMILES string of the molecule is OC[C@H]1O[C@@H](O[C@@H]2[C@H](O[C@H]3[C@H](O)[C@@H](O)[C@H](O)O[C@@H]3CO)O[C@H](CO)[C@@H](O)[C@@H]2O[C@H]2O[C@H](CO)[C@@H](O)[C@H](O)[C@@H]2O)[C@H](O)[C@@H](O)[C@H]1O. The summed E-state index contributed by atoms with van der Waals surface area (Å²) in [7, 11) is 0. The quantitative estimate of drug-likeness (QED) is 0.103. The van der Waals surface area contributed by atoms with Crippen molar-refractivity contribution >= 4 is 0 Å². The fourth-order valence-electron chi connectivity index (χ4n) is 5.51. The molecule has 4 rings (SSSR count). The number of ether oxygens (including phenoxy) is 7. The average Bonchev–Trinajstić information content (AvgIpc) is 3.03. The third-order valence-electron chi connectivity index (χ3n) is 8.21. The summed E-state index contributed by atoms with van der Waals surface area (Å²) in [6.45, 7) is -3.53. The predicted molar refractivity (Wildman–Crippen MR) is 134 cm³/mol. The molecule has 0 aromatic heterocycles. The van der Waals surface area contributed by atoms with Crippen molar-refractivity contribution in [3.8, 4) is 0 Å². The molecule has 0 aromatic carbocycles. The molecule has 0 unspecified atom stereocenters. The van der Waals surface area contributed by atoms with Gasteiger partial charge in [-0.3, -0.25) is 0 Å². The highest BCUT2D eigenvalue weighted by Crippen LogP contribution is 2.35. The summed E-state index contributed by atoms with van der Waals surface area (Å²) in [6, 6.07) is 0. The van der Waals surface area contributed by atoms with E-state index in [0.717, 1.165) is 0 Å². The Bertz CT molecular complexity index is 912. The van der Waals surface area contributed by atoms with E-state index < -0.39 is 149 Å². The van der Waals surface area contributed by atoms with E-state index >= 15 is 0 Å². The maximum absolute atomic E-state index is 11.1. The van der Waals surface area contributed by atoms with E-state index in [9.17, 15) is 71.5 Å². The summed E-state index contributed by atoms with van der Waals surface area (Å²) in [4.78, 5) is 0. The Hall–Kier alpha value is -0.840. The summed E-state index contributed by atoms with van der Waals surface area (Å²) in [6.07, 6.45) is -36.8. The number of hydrogen-bond donors (Lipinski definition) is 14. The van der Waals surface area contributed by atoms with Gasteiger partial charge in [-0.2, -0.15) is 0 Å². The van der Waals surface area contributed by atoms with Gasteiger partial charge in [0.1, 0.15) is 97.7 Å². The molecule has 264 valence electrons. The van der Waals surface area contributed by atoms with E-state index in [1.54, 1.807) is 0 Å². The Labute approximate surface area is 254 Å². The average molecular weight is 667 g/mol. The summed E-state index contributed by atoms with van der Waals surface area (Å²) in [5.41, 5.74) is 0. The largest absolute Gasteiger partial charge is 0.394 e. The van der Waals surface area contributed by atoms with Crippen LogP contribution in [0.1, 0.15) is 0 Å². The highest BCUT2D eigenvalue weighted by molar-refractivity contribution is 4.98. The molecule has 4 heterocycles. The first-order chi connectivity index (χ1) is 21.3. The molecule has 0 aromatic rings. The second-order valence-corrected chi connectivity index (χ2v) is 11.1. The molecule has 0 spiro atoms. The first-order valence-electron chi connectivity index (χ1n) is 14.1. The van der Waals surface area contributed by atoms with Crippen LogP contribution in [0, 0.1) is 0 Å². The van der Waals surface area contributed by atoms with E-state index in [4.69, 9.17) is 33.2 Å². The highest BCUT2D eigenvalue weighted by Gasteiger charge is 2.56. The smallest absolute Gasteiger partial charge is 0.187 e. The minimum Gasteiger partial charge on any atom is -0.394 e. The Balaban J connectivity index is 1.70. The summed E-state index contributed by atoms with van der Waals surface area (Å²) < 4.78 is 38.7. The zero-order valence-corrected chi connectivity index (χ0v) is 23.5. The second kappa shape index (κ2) is 15.6. The van der Waals surface area contributed by atoms with Crippen LogP contribution in [0.4, 0.5) is 0 Å². The monoisotopic (exact) mass is 666 g/mol. The minimum absolute atomic E-state index is 0.854. The second-order valence-electron chi connectivity index (χ2n) is 11.1. The number of aliphatic hydroxyl groups is 14. The van der Waals surface area contributed by atoms with Crippen molar-refractivity contribution in [3.63, 3.8) is 0 Å². The normalized spacial score (nSPS) is 52.9. The van der Waals surface area contributed by atoms with Gasteiger partial charge in [0.15, 0.2) is 25.2 Å². The molecule has 0 bridgehead atoms. The molecular weight excluding hydrogens is 624 g/mol. The van der Waals surface area contributed by atoms with E-state index in [1.165, 1.54) is 0 Å². The molecule has 4 aliphatic heterocycles. The van der Waals surface area contributed by atoms with Gasteiger partial charge < -0.3 is 105 Å². The van der Waals surface area contributed by atoms with E-state index in [2.05, 4.69) is 0 Å². The molecule has 4 fully saturated rings. The van der Waals surface area contributed by atoms with Gasteiger partial charge in [-0.15, -0.1) is 0 Å². The Kier molecular flexibility index (Phi) is 12.8. The maximum Gasteiger partial charge on any atom is 0.187 e. The third kappa shape index (κ3) is 7.44. The van der Waals surface area contributed by atoms with Gasteiger partial charge in [0.05, 0.1) is 26.4 Å².